The molecule has 0 aromatic rings. The van der Waals surface area contributed by atoms with Crippen LogP contribution >= 0.6 is 0 Å². The third-order valence-electron chi connectivity index (χ3n) is 1.61. The fraction of sp³-hybridized carbons (Fsp3) is 0.455. The van der Waals surface area contributed by atoms with Gasteiger partial charge in [-0.25, -0.2) is 0 Å². The fourth-order valence-corrected chi connectivity index (χ4v) is 1.05. The molecule has 0 radical (unpaired) electrons. The molecule has 0 aliphatic rings. The van der Waals surface area contributed by atoms with Gasteiger partial charge in [0, 0.05) is 0 Å². The molecule has 0 aromatic carbocycles. The first-order valence-corrected chi connectivity index (χ1v) is 4.20. The van der Waals surface area contributed by atoms with Gasteiger partial charge in [-0.1, -0.05) is 30.4 Å². The summed E-state index contributed by atoms with van der Waals surface area (Å²) < 4.78 is 0. The van der Waals surface area contributed by atoms with Crippen molar-refractivity contribution in [3.8, 4) is 0 Å². The summed E-state index contributed by atoms with van der Waals surface area (Å²) in [6.07, 6.45) is 12.8. The minimum atomic E-state index is 0.647. The Hall–Kier alpha value is -0.780. The van der Waals surface area contributed by atoms with E-state index in [9.17, 15) is 0 Å². The van der Waals surface area contributed by atoms with E-state index >= 15 is 0 Å². The van der Waals surface area contributed by atoms with Gasteiger partial charge in [0.1, 0.15) is 0 Å². The van der Waals surface area contributed by atoms with Crippen molar-refractivity contribution < 1.29 is 0 Å². The Bertz CT molecular complexity index is 140. The highest BCUT2D eigenvalue weighted by atomic mass is 14.0. The molecule has 0 heteroatoms. The molecular formula is C11H18. The standard InChI is InChI=1S/C11H18/c1-4-7-10-11(8-5-2)9-6-3/h4-7,9,11H,2,8,10H2,1,3H3. The Kier molecular flexibility index (Phi) is 6.81. The topological polar surface area (TPSA) is 0 Å². The minimum absolute atomic E-state index is 0.647. The van der Waals surface area contributed by atoms with Crippen LogP contribution < -0.4 is 0 Å². The first-order valence-electron chi connectivity index (χ1n) is 4.20. The molecule has 0 aliphatic carbocycles. The van der Waals surface area contributed by atoms with Crippen LogP contribution in [-0.2, 0) is 0 Å². The van der Waals surface area contributed by atoms with Gasteiger partial charge in [0.25, 0.3) is 0 Å². The lowest BCUT2D eigenvalue weighted by Crippen LogP contribution is -1.91. The average Bonchev–Trinajstić information content (AvgIpc) is 2.01. The normalized spacial score (nSPS) is 14.4. The molecule has 0 amide bonds. The first-order chi connectivity index (χ1) is 5.35. The van der Waals surface area contributed by atoms with Crippen LogP contribution in [-0.4, -0.2) is 0 Å². The van der Waals surface area contributed by atoms with Crippen molar-refractivity contribution in [1.29, 1.82) is 0 Å². The van der Waals surface area contributed by atoms with E-state index in [1.54, 1.807) is 0 Å². The summed E-state index contributed by atoms with van der Waals surface area (Å²) in [5.41, 5.74) is 0. The van der Waals surface area contributed by atoms with Gasteiger partial charge in [0.05, 0.1) is 0 Å². The van der Waals surface area contributed by atoms with Crippen LogP contribution in [0.5, 0.6) is 0 Å². The van der Waals surface area contributed by atoms with Crippen LogP contribution in [0, 0.1) is 5.92 Å². The lowest BCUT2D eigenvalue weighted by molar-refractivity contribution is 0.674. The molecular weight excluding hydrogens is 132 g/mol. The first kappa shape index (κ1) is 10.2. The van der Waals surface area contributed by atoms with Crippen molar-refractivity contribution in [2.75, 3.05) is 0 Å². The van der Waals surface area contributed by atoms with Crippen LogP contribution in [0.25, 0.3) is 0 Å². The Balaban J connectivity index is 3.77. The zero-order valence-corrected chi connectivity index (χ0v) is 7.59. The highest BCUT2D eigenvalue weighted by Gasteiger charge is 1.97. The van der Waals surface area contributed by atoms with Gasteiger partial charge < -0.3 is 0 Å². The van der Waals surface area contributed by atoms with Crippen LogP contribution in [0.15, 0.2) is 37.0 Å². The zero-order valence-electron chi connectivity index (χ0n) is 7.59. The van der Waals surface area contributed by atoms with Crippen molar-refractivity contribution in [3.63, 3.8) is 0 Å². The monoisotopic (exact) mass is 150 g/mol. The van der Waals surface area contributed by atoms with Crippen molar-refractivity contribution >= 4 is 0 Å². The summed E-state index contributed by atoms with van der Waals surface area (Å²) >= 11 is 0. The zero-order chi connectivity index (χ0) is 8.53. The van der Waals surface area contributed by atoms with E-state index < -0.39 is 0 Å². The van der Waals surface area contributed by atoms with Crippen molar-refractivity contribution in [2.45, 2.75) is 26.7 Å². The third-order valence-corrected chi connectivity index (χ3v) is 1.61. The van der Waals surface area contributed by atoms with Crippen LogP contribution in [0.2, 0.25) is 0 Å². The molecule has 0 saturated carbocycles. The van der Waals surface area contributed by atoms with Gasteiger partial charge in [-0.15, -0.1) is 6.58 Å². The molecule has 0 bridgehead atoms. The lowest BCUT2D eigenvalue weighted by atomic mass is 10.0. The summed E-state index contributed by atoms with van der Waals surface area (Å²) in [6, 6.07) is 0. The fourth-order valence-electron chi connectivity index (χ4n) is 1.05. The smallest absolute Gasteiger partial charge is 0.0165 e. The SMILES string of the molecule is C=CCC(C=CC)CC=CC. The predicted molar refractivity (Wildman–Crippen MR) is 52.5 cm³/mol. The molecule has 0 heterocycles. The Morgan fingerprint density at radius 1 is 1.18 bits per heavy atom. The maximum atomic E-state index is 3.73. The molecule has 11 heavy (non-hydrogen) atoms. The molecule has 0 aliphatic heterocycles. The van der Waals surface area contributed by atoms with Gasteiger partial charge >= 0.3 is 0 Å². The van der Waals surface area contributed by atoms with E-state index in [1.807, 2.05) is 6.08 Å². The molecule has 1 atom stereocenters. The van der Waals surface area contributed by atoms with Crippen LogP contribution in [0.1, 0.15) is 26.7 Å². The highest BCUT2D eigenvalue weighted by Crippen LogP contribution is 2.11. The van der Waals surface area contributed by atoms with Gasteiger partial charge in [0.2, 0.25) is 0 Å². The number of hydrogen-bond donors (Lipinski definition) is 0. The van der Waals surface area contributed by atoms with Crippen LogP contribution in [0.3, 0.4) is 0 Å². The summed E-state index contributed by atoms with van der Waals surface area (Å²) in [6.45, 7) is 7.85. The summed E-state index contributed by atoms with van der Waals surface area (Å²) in [5, 5.41) is 0. The van der Waals surface area contributed by atoms with Gasteiger partial charge in [0.15, 0.2) is 0 Å². The molecule has 0 rings (SSSR count). The van der Waals surface area contributed by atoms with E-state index in [1.165, 1.54) is 0 Å². The molecule has 0 aromatic heterocycles. The third kappa shape index (κ3) is 5.65. The molecule has 0 nitrogen and oxygen atoms in total. The number of rotatable bonds is 5. The number of allylic oxidation sites excluding steroid dienone is 5. The second-order valence-electron chi connectivity index (χ2n) is 2.61. The quantitative estimate of drug-likeness (QED) is 0.524. The second-order valence-corrected chi connectivity index (χ2v) is 2.61. The van der Waals surface area contributed by atoms with Gasteiger partial charge in [-0.05, 0) is 32.6 Å². The lowest BCUT2D eigenvalue weighted by Gasteiger charge is -2.05. The summed E-state index contributed by atoms with van der Waals surface area (Å²) in [7, 11) is 0. The maximum absolute atomic E-state index is 3.73. The molecule has 1 unspecified atom stereocenters. The van der Waals surface area contributed by atoms with E-state index in [2.05, 4.69) is 44.7 Å². The molecule has 0 N–H and O–H groups in total. The van der Waals surface area contributed by atoms with E-state index in [4.69, 9.17) is 0 Å². The van der Waals surface area contributed by atoms with Gasteiger partial charge in [-0.3, -0.25) is 0 Å². The van der Waals surface area contributed by atoms with Crippen molar-refractivity contribution in [1.82, 2.24) is 0 Å². The van der Waals surface area contributed by atoms with E-state index in [0.717, 1.165) is 12.8 Å². The molecule has 0 saturated heterocycles. The highest BCUT2D eigenvalue weighted by molar-refractivity contribution is 4.94. The average molecular weight is 150 g/mol. The molecule has 62 valence electrons. The number of hydrogen-bond acceptors (Lipinski definition) is 0. The second kappa shape index (κ2) is 7.33. The van der Waals surface area contributed by atoms with Crippen molar-refractivity contribution in [3.05, 3.63) is 37.0 Å². The van der Waals surface area contributed by atoms with E-state index in [-0.39, 0.29) is 0 Å². The van der Waals surface area contributed by atoms with E-state index in [0.29, 0.717) is 5.92 Å². The molecule has 0 fully saturated rings. The van der Waals surface area contributed by atoms with Crippen molar-refractivity contribution in [2.24, 2.45) is 5.92 Å². The van der Waals surface area contributed by atoms with Crippen LogP contribution in [0.4, 0.5) is 0 Å². The minimum Gasteiger partial charge on any atom is -0.103 e. The Labute approximate surface area is 70.3 Å². The maximum Gasteiger partial charge on any atom is -0.0165 e. The molecule has 0 spiro atoms. The largest absolute Gasteiger partial charge is 0.103 e. The van der Waals surface area contributed by atoms with Gasteiger partial charge in [-0.2, -0.15) is 0 Å². The Morgan fingerprint density at radius 2 is 1.91 bits per heavy atom. The predicted octanol–water partition coefficient (Wildman–Crippen LogP) is 3.72. The summed E-state index contributed by atoms with van der Waals surface area (Å²) in [4.78, 5) is 0. The summed E-state index contributed by atoms with van der Waals surface area (Å²) in [5.74, 6) is 0.647. The Morgan fingerprint density at radius 3 is 2.36 bits per heavy atom.